The first-order valence-corrected chi connectivity index (χ1v) is 10.7. The van der Waals surface area contributed by atoms with E-state index in [1.165, 1.54) is 17.7 Å². The smallest absolute Gasteiger partial charge is 0.406 e. The summed E-state index contributed by atoms with van der Waals surface area (Å²) in [6.07, 6.45) is -3.55. The Morgan fingerprint density at radius 1 is 1.09 bits per heavy atom. The maximum atomic E-state index is 13.0. The van der Waals surface area contributed by atoms with Gasteiger partial charge in [0.1, 0.15) is 5.75 Å². The summed E-state index contributed by atoms with van der Waals surface area (Å²) in [6, 6.07) is 10.5. The molecule has 1 saturated heterocycles. The number of carbonyl (C=O) groups is 1. The molecule has 0 N–H and O–H groups in total. The molecule has 2 heterocycles. The standard InChI is InChI=1S/C24H28F3N3O2/c1-16-10-18(12-29-9-8-20(15-29)28(2)3)11-19-14-30(23(31)22(16)19)13-17-4-6-21(7-5-17)32-24(25,26)27/h4-7,10-11,20H,8-9,12-15H2,1-3H3. The summed E-state index contributed by atoms with van der Waals surface area (Å²) in [6.45, 7) is 5.79. The third kappa shape index (κ3) is 5.07. The van der Waals surface area contributed by atoms with Gasteiger partial charge in [-0.1, -0.05) is 24.3 Å². The molecule has 2 aliphatic rings. The Balaban J connectivity index is 1.42. The van der Waals surface area contributed by atoms with Crippen LogP contribution in [0.1, 0.15) is 39.0 Å². The minimum Gasteiger partial charge on any atom is -0.406 e. The molecule has 0 saturated carbocycles. The number of hydrogen-bond donors (Lipinski definition) is 0. The molecule has 0 radical (unpaired) electrons. The molecule has 8 heteroatoms. The molecule has 32 heavy (non-hydrogen) atoms. The predicted octanol–water partition coefficient (Wildman–Crippen LogP) is 4.19. The quantitative estimate of drug-likeness (QED) is 0.666. The minimum atomic E-state index is -4.72. The van der Waals surface area contributed by atoms with Crippen molar-refractivity contribution in [2.75, 3.05) is 27.2 Å². The summed E-state index contributed by atoms with van der Waals surface area (Å²) in [5.41, 5.74) is 4.71. The number of carbonyl (C=O) groups excluding carboxylic acids is 1. The van der Waals surface area contributed by atoms with E-state index in [1.54, 1.807) is 17.0 Å². The zero-order valence-corrected chi connectivity index (χ0v) is 18.6. The van der Waals surface area contributed by atoms with Crippen LogP contribution >= 0.6 is 0 Å². The number of amides is 1. The molecule has 0 aromatic heterocycles. The highest BCUT2D eigenvalue weighted by Gasteiger charge is 2.32. The molecular weight excluding hydrogens is 419 g/mol. The van der Waals surface area contributed by atoms with Gasteiger partial charge in [-0.3, -0.25) is 9.69 Å². The maximum absolute atomic E-state index is 13.0. The first-order chi connectivity index (χ1) is 15.1. The number of ether oxygens (including phenoxy) is 1. The summed E-state index contributed by atoms with van der Waals surface area (Å²) in [5, 5.41) is 0. The number of hydrogen-bond acceptors (Lipinski definition) is 4. The van der Waals surface area contributed by atoms with Crippen LogP contribution in [0.25, 0.3) is 0 Å². The second kappa shape index (κ2) is 8.75. The van der Waals surface area contributed by atoms with Gasteiger partial charge >= 0.3 is 6.36 Å². The molecule has 1 atom stereocenters. The topological polar surface area (TPSA) is 36.0 Å². The molecule has 1 fully saturated rings. The van der Waals surface area contributed by atoms with E-state index in [4.69, 9.17) is 0 Å². The minimum absolute atomic E-state index is 0.0338. The lowest BCUT2D eigenvalue weighted by molar-refractivity contribution is -0.274. The normalized spacial score (nSPS) is 19.2. The van der Waals surface area contributed by atoms with Gasteiger partial charge in [0.25, 0.3) is 5.91 Å². The van der Waals surface area contributed by atoms with Crippen molar-refractivity contribution >= 4 is 5.91 Å². The fraction of sp³-hybridized carbons (Fsp3) is 0.458. The van der Waals surface area contributed by atoms with Gasteiger partial charge in [-0.2, -0.15) is 0 Å². The second-order valence-electron chi connectivity index (χ2n) is 8.94. The van der Waals surface area contributed by atoms with Gasteiger partial charge in [0, 0.05) is 44.3 Å². The van der Waals surface area contributed by atoms with Crippen molar-refractivity contribution in [2.24, 2.45) is 0 Å². The Labute approximate surface area is 186 Å². The molecule has 5 nitrogen and oxygen atoms in total. The van der Waals surface area contributed by atoms with Crippen LogP contribution in [-0.4, -0.2) is 60.2 Å². The van der Waals surface area contributed by atoms with Crippen LogP contribution in [0, 0.1) is 6.92 Å². The zero-order chi connectivity index (χ0) is 23.0. The van der Waals surface area contributed by atoms with E-state index >= 15 is 0 Å². The van der Waals surface area contributed by atoms with Gasteiger partial charge in [-0.15, -0.1) is 13.2 Å². The number of fused-ring (bicyclic) bond motifs is 1. The van der Waals surface area contributed by atoms with Crippen molar-refractivity contribution < 1.29 is 22.7 Å². The van der Waals surface area contributed by atoms with E-state index in [0.717, 1.165) is 48.3 Å². The number of alkyl halides is 3. The molecule has 1 unspecified atom stereocenters. The average molecular weight is 448 g/mol. The number of likely N-dealkylation sites (N-methyl/N-ethyl adjacent to an activating group) is 1. The number of aryl methyl sites for hydroxylation is 1. The number of benzene rings is 2. The maximum Gasteiger partial charge on any atom is 0.573 e. The number of likely N-dealkylation sites (tertiary alicyclic amines) is 1. The van der Waals surface area contributed by atoms with Crippen LogP contribution in [0.3, 0.4) is 0 Å². The van der Waals surface area contributed by atoms with Gasteiger partial charge in [0.2, 0.25) is 0 Å². The van der Waals surface area contributed by atoms with Gasteiger partial charge < -0.3 is 14.5 Å². The van der Waals surface area contributed by atoms with E-state index in [0.29, 0.717) is 19.1 Å². The monoisotopic (exact) mass is 447 g/mol. The molecule has 172 valence electrons. The van der Waals surface area contributed by atoms with Crippen molar-refractivity contribution in [1.82, 2.24) is 14.7 Å². The third-order valence-electron chi connectivity index (χ3n) is 6.25. The van der Waals surface area contributed by atoms with Crippen molar-refractivity contribution in [3.8, 4) is 5.75 Å². The molecule has 0 aliphatic carbocycles. The van der Waals surface area contributed by atoms with Crippen LogP contribution in [0.15, 0.2) is 36.4 Å². The summed E-state index contributed by atoms with van der Waals surface area (Å²) in [7, 11) is 4.23. The first kappa shape index (κ1) is 22.6. The molecule has 2 aromatic rings. The Kier molecular flexibility index (Phi) is 6.18. The second-order valence-corrected chi connectivity index (χ2v) is 8.94. The van der Waals surface area contributed by atoms with Gasteiger partial charge in [0.05, 0.1) is 0 Å². The molecule has 2 aliphatic heterocycles. The van der Waals surface area contributed by atoms with E-state index in [-0.39, 0.29) is 11.7 Å². The van der Waals surface area contributed by atoms with E-state index in [1.807, 2.05) is 6.92 Å². The lowest BCUT2D eigenvalue weighted by atomic mass is 10.00. The van der Waals surface area contributed by atoms with Gasteiger partial charge in [-0.25, -0.2) is 0 Å². The van der Waals surface area contributed by atoms with E-state index < -0.39 is 6.36 Å². The molecule has 1 amide bonds. The van der Waals surface area contributed by atoms with Crippen LogP contribution in [0.5, 0.6) is 5.75 Å². The fourth-order valence-electron chi connectivity index (χ4n) is 4.68. The third-order valence-corrected chi connectivity index (χ3v) is 6.25. The Hall–Kier alpha value is -2.58. The zero-order valence-electron chi connectivity index (χ0n) is 18.6. The number of nitrogens with zero attached hydrogens (tertiary/aromatic N) is 3. The molecule has 0 spiro atoms. The SMILES string of the molecule is Cc1cc(CN2CCC(N(C)C)C2)cc2c1C(=O)N(Cc1ccc(OC(F)(F)F)cc1)C2. The molecule has 2 aromatic carbocycles. The Morgan fingerprint density at radius 3 is 2.44 bits per heavy atom. The summed E-state index contributed by atoms with van der Waals surface area (Å²) >= 11 is 0. The van der Waals surface area contributed by atoms with Crippen LogP contribution in [0.4, 0.5) is 13.2 Å². The van der Waals surface area contributed by atoms with Crippen molar-refractivity contribution in [1.29, 1.82) is 0 Å². The van der Waals surface area contributed by atoms with Gasteiger partial charge in [-0.05, 0) is 61.8 Å². The molecule has 0 bridgehead atoms. The lowest BCUT2D eigenvalue weighted by Gasteiger charge is -2.20. The Morgan fingerprint density at radius 2 is 1.81 bits per heavy atom. The fourth-order valence-corrected chi connectivity index (χ4v) is 4.68. The highest BCUT2D eigenvalue weighted by Crippen LogP contribution is 2.30. The van der Waals surface area contributed by atoms with Gasteiger partial charge in [0.15, 0.2) is 0 Å². The van der Waals surface area contributed by atoms with Crippen molar-refractivity contribution in [2.45, 2.75) is 45.4 Å². The van der Waals surface area contributed by atoms with Crippen LogP contribution < -0.4 is 4.74 Å². The average Bonchev–Trinajstić information content (AvgIpc) is 3.27. The summed E-state index contributed by atoms with van der Waals surface area (Å²) < 4.78 is 40.9. The Bertz CT molecular complexity index is 989. The largest absolute Gasteiger partial charge is 0.573 e. The molecule has 4 rings (SSSR count). The first-order valence-electron chi connectivity index (χ1n) is 10.7. The highest BCUT2D eigenvalue weighted by atomic mass is 19.4. The van der Waals surface area contributed by atoms with Crippen molar-refractivity contribution in [3.63, 3.8) is 0 Å². The molecular formula is C24H28F3N3O2. The predicted molar refractivity (Wildman–Crippen MR) is 115 cm³/mol. The number of halogens is 3. The van der Waals surface area contributed by atoms with Crippen molar-refractivity contribution in [3.05, 3.63) is 64.2 Å². The highest BCUT2D eigenvalue weighted by molar-refractivity contribution is 5.99. The van der Waals surface area contributed by atoms with Crippen LogP contribution in [0.2, 0.25) is 0 Å². The van der Waals surface area contributed by atoms with E-state index in [2.05, 4.69) is 40.8 Å². The summed E-state index contributed by atoms with van der Waals surface area (Å²) in [5.74, 6) is -0.301. The van der Waals surface area contributed by atoms with Crippen LogP contribution in [-0.2, 0) is 19.6 Å². The summed E-state index contributed by atoms with van der Waals surface area (Å²) in [4.78, 5) is 19.4. The lowest BCUT2D eigenvalue weighted by Crippen LogP contribution is -2.31. The van der Waals surface area contributed by atoms with E-state index in [9.17, 15) is 18.0 Å². The number of rotatable bonds is 6.